The lowest BCUT2D eigenvalue weighted by Gasteiger charge is -2.15. The van der Waals surface area contributed by atoms with Gasteiger partial charge in [0, 0.05) is 19.7 Å². The van der Waals surface area contributed by atoms with Crippen molar-refractivity contribution in [2.24, 2.45) is 4.99 Å². The summed E-state index contributed by atoms with van der Waals surface area (Å²) in [6.45, 7) is 4.00. The van der Waals surface area contributed by atoms with Crippen LogP contribution in [-0.2, 0) is 0 Å². The molecule has 7 heteroatoms. The summed E-state index contributed by atoms with van der Waals surface area (Å²) in [6.07, 6.45) is 0. The molecule has 2 rings (SSSR count). The highest BCUT2D eigenvalue weighted by Crippen LogP contribution is 2.17. The van der Waals surface area contributed by atoms with E-state index in [2.05, 4.69) is 39.4 Å². The van der Waals surface area contributed by atoms with Crippen molar-refractivity contribution >= 4 is 41.3 Å². The van der Waals surface area contributed by atoms with Crippen LogP contribution >= 0.6 is 35.3 Å². The van der Waals surface area contributed by atoms with Crippen LogP contribution in [0.4, 0.5) is 4.39 Å². The summed E-state index contributed by atoms with van der Waals surface area (Å²) in [5.74, 6) is 1.38. The molecule has 0 saturated carbocycles. The maximum atomic E-state index is 13.0. The SMILES string of the molecule is CN=C(NCCOc1cccc(F)c1)NCC(C)c1ccsc1.I. The van der Waals surface area contributed by atoms with E-state index in [1.54, 1.807) is 30.5 Å². The maximum Gasteiger partial charge on any atom is 0.191 e. The molecule has 1 heterocycles. The Bertz CT molecular complexity index is 622. The molecule has 132 valence electrons. The summed E-state index contributed by atoms with van der Waals surface area (Å²) in [6, 6.07) is 8.27. The van der Waals surface area contributed by atoms with Gasteiger partial charge in [-0.05, 0) is 40.4 Å². The van der Waals surface area contributed by atoms with Gasteiger partial charge in [-0.3, -0.25) is 4.99 Å². The quantitative estimate of drug-likeness (QED) is 0.284. The van der Waals surface area contributed by atoms with Gasteiger partial charge in [0.1, 0.15) is 18.2 Å². The number of hydrogen-bond acceptors (Lipinski definition) is 3. The van der Waals surface area contributed by atoms with E-state index in [9.17, 15) is 4.39 Å². The molecule has 1 unspecified atom stereocenters. The van der Waals surface area contributed by atoms with Gasteiger partial charge in [0.2, 0.25) is 0 Å². The molecule has 24 heavy (non-hydrogen) atoms. The molecule has 0 aliphatic heterocycles. The van der Waals surface area contributed by atoms with Crippen LogP contribution < -0.4 is 15.4 Å². The Kier molecular flexibility index (Phi) is 9.70. The zero-order valence-corrected chi connectivity index (χ0v) is 16.9. The zero-order chi connectivity index (χ0) is 16.5. The fraction of sp³-hybridized carbons (Fsp3) is 0.353. The fourth-order valence-corrected chi connectivity index (χ4v) is 2.82. The Morgan fingerprint density at radius 1 is 1.33 bits per heavy atom. The van der Waals surface area contributed by atoms with Gasteiger partial charge < -0.3 is 15.4 Å². The van der Waals surface area contributed by atoms with Crippen molar-refractivity contribution in [3.05, 3.63) is 52.5 Å². The minimum atomic E-state index is -0.296. The van der Waals surface area contributed by atoms with Crippen molar-refractivity contribution in [3.63, 3.8) is 0 Å². The number of halogens is 2. The lowest BCUT2D eigenvalue weighted by molar-refractivity contribution is 0.320. The molecule has 2 aromatic rings. The van der Waals surface area contributed by atoms with Gasteiger partial charge in [-0.25, -0.2) is 4.39 Å². The van der Waals surface area contributed by atoms with E-state index in [0.29, 0.717) is 24.8 Å². The number of ether oxygens (including phenoxy) is 1. The highest BCUT2D eigenvalue weighted by Gasteiger charge is 2.06. The minimum absolute atomic E-state index is 0. The average Bonchev–Trinajstić information content (AvgIpc) is 3.08. The van der Waals surface area contributed by atoms with Crippen LogP contribution in [0.2, 0.25) is 0 Å². The van der Waals surface area contributed by atoms with Crippen molar-refractivity contribution in [2.75, 3.05) is 26.7 Å². The Hall–Kier alpha value is -1.35. The molecular weight excluding hydrogens is 440 g/mol. The van der Waals surface area contributed by atoms with E-state index in [1.807, 2.05) is 0 Å². The lowest BCUT2D eigenvalue weighted by Crippen LogP contribution is -2.40. The number of nitrogens with one attached hydrogen (secondary N) is 2. The minimum Gasteiger partial charge on any atom is -0.492 e. The molecular formula is C17H23FIN3OS. The Labute approximate surface area is 163 Å². The van der Waals surface area contributed by atoms with E-state index < -0.39 is 0 Å². The van der Waals surface area contributed by atoms with Crippen LogP contribution in [0.25, 0.3) is 0 Å². The van der Waals surface area contributed by atoms with Crippen LogP contribution in [0.5, 0.6) is 5.75 Å². The van der Waals surface area contributed by atoms with Gasteiger partial charge in [0.05, 0.1) is 6.54 Å². The summed E-state index contributed by atoms with van der Waals surface area (Å²) in [7, 11) is 1.73. The summed E-state index contributed by atoms with van der Waals surface area (Å²) in [4.78, 5) is 4.18. The second-order valence-electron chi connectivity index (χ2n) is 5.14. The average molecular weight is 463 g/mol. The normalized spacial score (nSPS) is 12.2. The highest BCUT2D eigenvalue weighted by molar-refractivity contribution is 14.0. The first-order chi connectivity index (χ1) is 11.2. The second-order valence-corrected chi connectivity index (χ2v) is 5.92. The van der Waals surface area contributed by atoms with E-state index in [-0.39, 0.29) is 29.8 Å². The van der Waals surface area contributed by atoms with E-state index >= 15 is 0 Å². The van der Waals surface area contributed by atoms with E-state index in [4.69, 9.17) is 4.74 Å². The molecule has 2 N–H and O–H groups in total. The summed E-state index contributed by atoms with van der Waals surface area (Å²) in [5, 5.41) is 10.7. The standard InChI is InChI=1S/C17H22FN3OS.HI/c1-13(14-6-9-23-12-14)11-21-17(19-2)20-7-8-22-16-5-3-4-15(18)10-16;/h3-6,9-10,12-13H,7-8,11H2,1-2H3,(H2,19,20,21);1H. The third kappa shape index (κ3) is 7.04. The van der Waals surface area contributed by atoms with Crippen LogP contribution in [0.15, 0.2) is 46.1 Å². The highest BCUT2D eigenvalue weighted by atomic mass is 127. The topological polar surface area (TPSA) is 45.7 Å². The van der Waals surface area contributed by atoms with Crippen LogP contribution in [0.3, 0.4) is 0 Å². The molecule has 1 aromatic carbocycles. The number of hydrogen-bond donors (Lipinski definition) is 2. The predicted molar refractivity (Wildman–Crippen MR) is 109 cm³/mol. The molecule has 0 radical (unpaired) electrons. The van der Waals surface area contributed by atoms with Crippen molar-refractivity contribution in [2.45, 2.75) is 12.8 Å². The third-order valence-electron chi connectivity index (χ3n) is 3.37. The second kappa shape index (κ2) is 11.2. The van der Waals surface area contributed by atoms with Crippen molar-refractivity contribution in [1.29, 1.82) is 0 Å². The Morgan fingerprint density at radius 2 is 2.17 bits per heavy atom. The van der Waals surface area contributed by atoms with Crippen molar-refractivity contribution < 1.29 is 9.13 Å². The summed E-state index contributed by atoms with van der Waals surface area (Å²) in [5.41, 5.74) is 1.33. The Balaban J connectivity index is 0.00000288. The van der Waals surface area contributed by atoms with Gasteiger partial charge in [-0.2, -0.15) is 11.3 Å². The van der Waals surface area contributed by atoms with Crippen LogP contribution in [0.1, 0.15) is 18.4 Å². The Morgan fingerprint density at radius 3 is 2.83 bits per heavy atom. The molecule has 0 amide bonds. The van der Waals surface area contributed by atoms with Crippen LogP contribution in [-0.4, -0.2) is 32.7 Å². The largest absolute Gasteiger partial charge is 0.492 e. The van der Waals surface area contributed by atoms with E-state index in [0.717, 1.165) is 12.5 Å². The van der Waals surface area contributed by atoms with Gasteiger partial charge in [0.15, 0.2) is 5.96 Å². The van der Waals surface area contributed by atoms with Gasteiger partial charge in [-0.15, -0.1) is 24.0 Å². The lowest BCUT2D eigenvalue weighted by atomic mass is 10.1. The number of guanidine groups is 1. The number of aliphatic imine (C=N–C) groups is 1. The molecule has 0 fully saturated rings. The van der Waals surface area contributed by atoms with E-state index in [1.165, 1.54) is 17.7 Å². The smallest absolute Gasteiger partial charge is 0.191 e. The predicted octanol–water partition coefficient (Wildman–Crippen LogP) is 3.85. The molecule has 4 nitrogen and oxygen atoms in total. The van der Waals surface area contributed by atoms with Gasteiger partial charge in [-0.1, -0.05) is 13.0 Å². The summed E-state index contributed by atoms with van der Waals surface area (Å²) >= 11 is 1.71. The number of rotatable bonds is 7. The first-order valence-electron chi connectivity index (χ1n) is 7.54. The van der Waals surface area contributed by atoms with Crippen molar-refractivity contribution in [1.82, 2.24) is 10.6 Å². The molecule has 0 aliphatic carbocycles. The van der Waals surface area contributed by atoms with Gasteiger partial charge in [0.25, 0.3) is 0 Å². The molecule has 0 bridgehead atoms. The van der Waals surface area contributed by atoms with Crippen LogP contribution in [0, 0.1) is 5.82 Å². The first-order valence-corrected chi connectivity index (χ1v) is 8.48. The molecule has 1 aromatic heterocycles. The maximum absolute atomic E-state index is 13.0. The zero-order valence-electron chi connectivity index (χ0n) is 13.8. The molecule has 0 saturated heterocycles. The first kappa shape index (κ1) is 20.7. The third-order valence-corrected chi connectivity index (χ3v) is 4.07. The van der Waals surface area contributed by atoms with Crippen molar-refractivity contribution in [3.8, 4) is 5.75 Å². The number of thiophene rings is 1. The number of benzene rings is 1. The number of nitrogens with zero attached hydrogens (tertiary/aromatic N) is 1. The van der Waals surface area contributed by atoms with Gasteiger partial charge >= 0.3 is 0 Å². The molecule has 1 atom stereocenters. The summed E-state index contributed by atoms with van der Waals surface area (Å²) < 4.78 is 18.5. The molecule has 0 aliphatic rings. The fourth-order valence-electron chi connectivity index (χ4n) is 2.04. The monoisotopic (exact) mass is 463 g/mol. The molecule has 0 spiro atoms.